The molecule has 0 aromatic heterocycles. The minimum atomic E-state index is -1.05. The van der Waals surface area contributed by atoms with Crippen LogP contribution in [0.2, 0.25) is 0 Å². The SMILES string of the molecule is COCCO[C@H](C#Cc1ccccc1)[C@@H]1COC(C)(C)N1C(=O)O. The highest BCUT2D eigenvalue weighted by atomic mass is 16.6. The van der Waals surface area contributed by atoms with Crippen molar-refractivity contribution in [3.8, 4) is 11.8 Å². The lowest BCUT2D eigenvalue weighted by atomic mass is 10.1. The van der Waals surface area contributed by atoms with Crippen LogP contribution in [0.5, 0.6) is 0 Å². The quantitative estimate of drug-likeness (QED) is 0.661. The van der Waals surface area contributed by atoms with Gasteiger partial charge in [-0.05, 0) is 26.0 Å². The van der Waals surface area contributed by atoms with Crippen molar-refractivity contribution < 1.29 is 24.1 Å². The predicted molar refractivity (Wildman–Crippen MR) is 88.6 cm³/mol. The molecule has 0 spiro atoms. The van der Waals surface area contributed by atoms with Crippen molar-refractivity contribution in [2.75, 3.05) is 26.9 Å². The number of benzene rings is 1. The van der Waals surface area contributed by atoms with Crippen LogP contribution in [0.25, 0.3) is 0 Å². The summed E-state index contributed by atoms with van der Waals surface area (Å²) in [5.74, 6) is 6.09. The van der Waals surface area contributed by atoms with Gasteiger partial charge < -0.3 is 19.3 Å². The maximum Gasteiger partial charge on any atom is 0.410 e. The standard InChI is InChI=1S/C18H23NO5/c1-18(2)19(17(20)21)15(13-24-18)16(23-12-11-22-3)10-9-14-7-5-4-6-8-14/h4-8,15-16H,11-13H2,1-3H3,(H,20,21)/t15-,16+/m0/s1. The van der Waals surface area contributed by atoms with Gasteiger partial charge in [0, 0.05) is 12.7 Å². The first-order chi connectivity index (χ1) is 11.5. The molecule has 0 radical (unpaired) electrons. The molecule has 0 bridgehead atoms. The van der Waals surface area contributed by atoms with Gasteiger partial charge in [0.05, 0.1) is 25.9 Å². The minimum Gasteiger partial charge on any atom is -0.465 e. The molecule has 0 unspecified atom stereocenters. The first kappa shape index (κ1) is 18.3. The molecule has 1 amide bonds. The topological polar surface area (TPSA) is 68.2 Å². The fourth-order valence-electron chi connectivity index (χ4n) is 2.61. The lowest BCUT2D eigenvalue weighted by Gasteiger charge is -2.32. The predicted octanol–water partition coefficient (Wildman–Crippen LogP) is 2.18. The van der Waals surface area contributed by atoms with Gasteiger partial charge in [0.15, 0.2) is 0 Å². The number of amides is 1. The van der Waals surface area contributed by atoms with E-state index in [1.165, 1.54) is 4.90 Å². The highest BCUT2D eigenvalue weighted by molar-refractivity contribution is 5.67. The Morgan fingerprint density at radius 2 is 2.12 bits per heavy atom. The van der Waals surface area contributed by atoms with Crippen LogP contribution in [0.3, 0.4) is 0 Å². The van der Waals surface area contributed by atoms with Crippen LogP contribution >= 0.6 is 0 Å². The molecule has 0 saturated carbocycles. The summed E-state index contributed by atoms with van der Waals surface area (Å²) >= 11 is 0. The summed E-state index contributed by atoms with van der Waals surface area (Å²) in [7, 11) is 1.58. The third-order valence-corrected chi connectivity index (χ3v) is 3.79. The van der Waals surface area contributed by atoms with E-state index >= 15 is 0 Å². The van der Waals surface area contributed by atoms with Gasteiger partial charge in [0.25, 0.3) is 0 Å². The summed E-state index contributed by atoms with van der Waals surface area (Å²) < 4.78 is 16.4. The van der Waals surface area contributed by atoms with E-state index in [9.17, 15) is 9.90 Å². The van der Waals surface area contributed by atoms with Crippen LogP contribution < -0.4 is 0 Å². The van der Waals surface area contributed by atoms with Crippen molar-refractivity contribution in [2.24, 2.45) is 0 Å². The van der Waals surface area contributed by atoms with E-state index in [-0.39, 0.29) is 6.61 Å². The Hall–Kier alpha value is -2.07. The average Bonchev–Trinajstić information content (AvgIpc) is 2.87. The van der Waals surface area contributed by atoms with Gasteiger partial charge in [0.1, 0.15) is 11.8 Å². The van der Waals surface area contributed by atoms with Gasteiger partial charge in [-0.3, -0.25) is 4.90 Å². The molecule has 1 aromatic rings. The molecule has 6 nitrogen and oxygen atoms in total. The van der Waals surface area contributed by atoms with Crippen LogP contribution in [0, 0.1) is 11.8 Å². The molecule has 1 aliphatic rings. The lowest BCUT2D eigenvalue weighted by Crippen LogP contribution is -2.51. The second kappa shape index (κ2) is 8.15. The van der Waals surface area contributed by atoms with Gasteiger partial charge in [-0.2, -0.15) is 0 Å². The van der Waals surface area contributed by atoms with Gasteiger partial charge in [-0.15, -0.1) is 0 Å². The molecule has 1 N–H and O–H groups in total. The Labute approximate surface area is 142 Å². The minimum absolute atomic E-state index is 0.237. The molecule has 2 rings (SSSR count). The molecule has 1 saturated heterocycles. The molecule has 1 aliphatic heterocycles. The second-order valence-corrected chi connectivity index (χ2v) is 5.90. The van der Waals surface area contributed by atoms with E-state index in [1.807, 2.05) is 30.3 Å². The molecule has 1 fully saturated rings. The molecule has 1 heterocycles. The van der Waals surface area contributed by atoms with Crippen LogP contribution in [-0.4, -0.2) is 60.9 Å². The molecule has 6 heteroatoms. The molecule has 2 atom stereocenters. The Morgan fingerprint density at radius 3 is 2.75 bits per heavy atom. The van der Waals surface area contributed by atoms with Crippen LogP contribution in [0.4, 0.5) is 4.79 Å². The fraction of sp³-hybridized carbons (Fsp3) is 0.500. The summed E-state index contributed by atoms with van der Waals surface area (Å²) in [4.78, 5) is 12.9. The summed E-state index contributed by atoms with van der Waals surface area (Å²) in [6.07, 6.45) is -1.65. The fourth-order valence-corrected chi connectivity index (χ4v) is 2.61. The number of hydrogen-bond donors (Lipinski definition) is 1. The number of carboxylic acid groups (broad SMARTS) is 1. The van der Waals surface area contributed by atoms with Crippen LogP contribution in [0.1, 0.15) is 19.4 Å². The largest absolute Gasteiger partial charge is 0.465 e. The van der Waals surface area contributed by atoms with E-state index in [0.29, 0.717) is 13.2 Å². The van der Waals surface area contributed by atoms with Crippen molar-refractivity contribution in [1.82, 2.24) is 4.90 Å². The van der Waals surface area contributed by atoms with Crippen molar-refractivity contribution in [1.29, 1.82) is 0 Å². The first-order valence-electron chi connectivity index (χ1n) is 7.79. The number of ether oxygens (including phenoxy) is 3. The van der Waals surface area contributed by atoms with Crippen molar-refractivity contribution in [3.05, 3.63) is 35.9 Å². The van der Waals surface area contributed by atoms with E-state index in [1.54, 1.807) is 21.0 Å². The molecular weight excluding hydrogens is 310 g/mol. The van der Waals surface area contributed by atoms with Gasteiger partial charge in [-0.1, -0.05) is 30.0 Å². The summed E-state index contributed by atoms with van der Waals surface area (Å²) in [5.41, 5.74) is -0.0637. The molecule has 130 valence electrons. The molecular formula is C18H23NO5. The summed E-state index contributed by atoms with van der Waals surface area (Å²) in [6, 6.07) is 9.00. The molecule has 1 aromatic carbocycles. The Bertz CT molecular complexity index is 605. The Morgan fingerprint density at radius 1 is 1.42 bits per heavy atom. The van der Waals surface area contributed by atoms with Gasteiger partial charge in [0.2, 0.25) is 0 Å². The summed E-state index contributed by atoms with van der Waals surface area (Å²) in [6.45, 7) is 4.42. The number of carbonyl (C=O) groups is 1. The van der Waals surface area contributed by atoms with Crippen molar-refractivity contribution >= 4 is 6.09 Å². The van der Waals surface area contributed by atoms with Crippen LogP contribution in [-0.2, 0) is 14.2 Å². The zero-order chi connectivity index (χ0) is 17.6. The number of nitrogens with zero attached hydrogens (tertiary/aromatic N) is 1. The number of rotatable bonds is 5. The van der Waals surface area contributed by atoms with E-state index in [0.717, 1.165) is 5.56 Å². The van der Waals surface area contributed by atoms with Crippen LogP contribution in [0.15, 0.2) is 30.3 Å². The van der Waals surface area contributed by atoms with Crippen molar-refractivity contribution in [2.45, 2.75) is 31.7 Å². The zero-order valence-electron chi connectivity index (χ0n) is 14.2. The van der Waals surface area contributed by atoms with Gasteiger partial charge in [-0.25, -0.2) is 4.79 Å². The monoisotopic (exact) mass is 333 g/mol. The highest BCUT2D eigenvalue weighted by Crippen LogP contribution is 2.29. The summed E-state index contributed by atoms with van der Waals surface area (Å²) in [5, 5.41) is 9.54. The first-order valence-corrected chi connectivity index (χ1v) is 7.79. The highest BCUT2D eigenvalue weighted by Gasteiger charge is 2.47. The van der Waals surface area contributed by atoms with Crippen molar-refractivity contribution in [3.63, 3.8) is 0 Å². The Kier molecular flexibility index (Phi) is 6.21. The maximum absolute atomic E-state index is 11.7. The maximum atomic E-state index is 11.7. The zero-order valence-corrected chi connectivity index (χ0v) is 14.2. The van der Waals surface area contributed by atoms with Gasteiger partial charge >= 0.3 is 6.09 Å². The number of hydrogen-bond acceptors (Lipinski definition) is 4. The molecule has 24 heavy (non-hydrogen) atoms. The normalized spacial score (nSPS) is 20.3. The molecule has 0 aliphatic carbocycles. The smallest absolute Gasteiger partial charge is 0.410 e. The number of methoxy groups -OCH3 is 1. The van der Waals surface area contributed by atoms with E-state index in [4.69, 9.17) is 14.2 Å². The third-order valence-electron chi connectivity index (χ3n) is 3.79. The third kappa shape index (κ3) is 4.48. The Balaban J connectivity index is 2.22. The lowest BCUT2D eigenvalue weighted by molar-refractivity contribution is -0.0490. The van der Waals surface area contributed by atoms with E-state index in [2.05, 4.69) is 11.8 Å². The average molecular weight is 333 g/mol. The van der Waals surface area contributed by atoms with E-state index < -0.39 is 24.0 Å². The second-order valence-electron chi connectivity index (χ2n) is 5.90.